The number of fused-ring (bicyclic) bond motifs is 1. The fourth-order valence-electron chi connectivity index (χ4n) is 5.88. The van der Waals surface area contributed by atoms with E-state index in [2.05, 4.69) is 27.4 Å². The Morgan fingerprint density at radius 2 is 1.72 bits per heavy atom. The number of likely N-dealkylation sites (tertiary alicyclic amines) is 1. The molecular weight excluding hydrogens is 454 g/mol. The van der Waals surface area contributed by atoms with Gasteiger partial charge in [-0.25, -0.2) is 9.78 Å². The van der Waals surface area contributed by atoms with E-state index in [4.69, 9.17) is 20.7 Å². The Hall–Kier alpha value is -2.62. The molecule has 1 aliphatic heterocycles. The Kier molecular flexibility index (Phi) is 8.09. The molecule has 0 bridgehead atoms. The first-order chi connectivity index (χ1) is 17.6. The number of anilines is 2. The van der Waals surface area contributed by atoms with Crippen molar-refractivity contribution in [2.45, 2.75) is 108 Å². The molecule has 5 rings (SSSR count). The van der Waals surface area contributed by atoms with Gasteiger partial charge in [0, 0.05) is 43.8 Å². The van der Waals surface area contributed by atoms with Gasteiger partial charge in [0.1, 0.15) is 0 Å². The number of carbonyl (C=O) groups is 1. The molecule has 2 saturated carbocycles. The summed E-state index contributed by atoms with van der Waals surface area (Å²) in [6, 6.07) is 1.44. The van der Waals surface area contributed by atoms with Gasteiger partial charge < -0.3 is 31.2 Å². The number of rotatable bonds is 8. The molecule has 0 unspecified atom stereocenters. The van der Waals surface area contributed by atoms with Crippen LogP contribution in [-0.2, 0) is 0 Å². The lowest BCUT2D eigenvalue weighted by Crippen LogP contribution is -2.47. The zero-order chi connectivity index (χ0) is 24.9. The number of hydrogen-bond donors (Lipinski definition) is 4. The Balaban J connectivity index is 1.30. The number of urea groups is 1. The van der Waals surface area contributed by atoms with Crippen LogP contribution in [0.2, 0.25) is 0 Å². The molecule has 10 nitrogen and oxygen atoms in total. The fourth-order valence-corrected chi connectivity index (χ4v) is 5.88. The number of nitrogens with zero attached hydrogens (tertiary/aromatic N) is 5. The predicted octanol–water partition coefficient (Wildman–Crippen LogP) is 4.01. The molecule has 3 fully saturated rings. The summed E-state index contributed by atoms with van der Waals surface area (Å²) in [4.78, 5) is 29.0. The molecule has 2 aromatic heterocycles. The second-order valence-electron chi connectivity index (χ2n) is 10.9. The summed E-state index contributed by atoms with van der Waals surface area (Å²) in [5.74, 6) is 1.48. The summed E-state index contributed by atoms with van der Waals surface area (Å²) in [5, 5.41) is 10.3. The van der Waals surface area contributed by atoms with Crippen LogP contribution in [0.25, 0.3) is 11.2 Å². The van der Waals surface area contributed by atoms with E-state index in [0.717, 1.165) is 88.0 Å². The number of aromatic nitrogens is 4. The number of carbonyl (C=O) groups excluding carboxylic acids is 1. The number of piperidine rings is 1. The Morgan fingerprint density at radius 1 is 1.00 bits per heavy atom. The third-order valence-electron chi connectivity index (χ3n) is 8.17. The van der Waals surface area contributed by atoms with Crippen LogP contribution in [0.5, 0.6) is 0 Å². The fraction of sp³-hybridized carbons (Fsp3) is 0.769. The standard InChI is InChI=1S/C26H43N9O/c1-2-3-14-28-26(36)34-15-12-20(13-16-34)30-23-22-24(35(17-29-22)21-6-4-5-7-21)33-25(32-23)31-19-10-8-18(27)9-11-19/h17-21H,2-16,27H2,1H3,(H,28,36)(H2,30,31,32,33)/t18-,19-. The van der Waals surface area contributed by atoms with Crippen LogP contribution in [0.15, 0.2) is 6.33 Å². The number of nitrogens with two attached hydrogens (primary N) is 1. The van der Waals surface area contributed by atoms with E-state index >= 15 is 0 Å². The molecule has 2 amide bonds. The molecule has 3 aliphatic rings. The second kappa shape index (κ2) is 11.6. The van der Waals surface area contributed by atoms with E-state index in [1.165, 1.54) is 25.7 Å². The molecule has 198 valence electrons. The Morgan fingerprint density at radius 3 is 2.44 bits per heavy atom. The molecule has 0 atom stereocenters. The summed E-state index contributed by atoms with van der Waals surface area (Å²) in [7, 11) is 0. The third-order valence-corrected chi connectivity index (χ3v) is 8.17. The van der Waals surface area contributed by atoms with Crippen LogP contribution < -0.4 is 21.7 Å². The first-order valence-electron chi connectivity index (χ1n) is 14.2. The summed E-state index contributed by atoms with van der Waals surface area (Å²) in [5.41, 5.74) is 7.88. The van der Waals surface area contributed by atoms with E-state index in [-0.39, 0.29) is 12.1 Å². The van der Waals surface area contributed by atoms with Crippen LogP contribution in [0, 0.1) is 0 Å². The van der Waals surface area contributed by atoms with E-state index < -0.39 is 0 Å². The number of hydrogen-bond acceptors (Lipinski definition) is 7. The maximum atomic E-state index is 12.4. The predicted molar refractivity (Wildman–Crippen MR) is 143 cm³/mol. The maximum Gasteiger partial charge on any atom is 0.317 e. The molecule has 5 N–H and O–H groups in total. The maximum absolute atomic E-state index is 12.4. The highest BCUT2D eigenvalue weighted by atomic mass is 16.2. The molecule has 0 aromatic carbocycles. The van der Waals surface area contributed by atoms with Gasteiger partial charge in [-0.3, -0.25) is 0 Å². The van der Waals surface area contributed by atoms with Gasteiger partial charge in [0.15, 0.2) is 17.0 Å². The minimum Gasteiger partial charge on any atom is -0.365 e. The van der Waals surface area contributed by atoms with Crippen molar-refractivity contribution in [1.29, 1.82) is 0 Å². The second-order valence-corrected chi connectivity index (χ2v) is 10.9. The Labute approximate surface area is 214 Å². The molecule has 0 spiro atoms. The van der Waals surface area contributed by atoms with Crippen LogP contribution in [0.3, 0.4) is 0 Å². The van der Waals surface area contributed by atoms with Crippen molar-refractivity contribution in [3.05, 3.63) is 6.33 Å². The molecule has 10 heteroatoms. The van der Waals surface area contributed by atoms with Crippen LogP contribution >= 0.6 is 0 Å². The third kappa shape index (κ3) is 5.85. The molecule has 0 radical (unpaired) electrons. The van der Waals surface area contributed by atoms with Crippen molar-refractivity contribution < 1.29 is 4.79 Å². The highest BCUT2D eigenvalue weighted by Gasteiger charge is 2.27. The monoisotopic (exact) mass is 497 g/mol. The first-order valence-corrected chi connectivity index (χ1v) is 14.2. The van der Waals surface area contributed by atoms with Gasteiger partial charge in [-0.05, 0) is 57.8 Å². The minimum atomic E-state index is 0.0559. The lowest BCUT2D eigenvalue weighted by atomic mass is 9.92. The lowest BCUT2D eigenvalue weighted by Gasteiger charge is -2.32. The van der Waals surface area contributed by atoms with Gasteiger partial charge in [0.05, 0.1) is 6.33 Å². The zero-order valence-electron chi connectivity index (χ0n) is 21.7. The number of nitrogens with one attached hydrogen (secondary N) is 3. The van der Waals surface area contributed by atoms with Crippen LogP contribution in [0.4, 0.5) is 16.6 Å². The zero-order valence-corrected chi connectivity index (χ0v) is 21.7. The van der Waals surface area contributed by atoms with Gasteiger partial charge in [-0.1, -0.05) is 26.2 Å². The largest absolute Gasteiger partial charge is 0.365 e. The first kappa shape index (κ1) is 25.0. The quantitative estimate of drug-likeness (QED) is 0.406. The minimum absolute atomic E-state index is 0.0559. The average molecular weight is 498 g/mol. The summed E-state index contributed by atoms with van der Waals surface area (Å²) >= 11 is 0. The van der Waals surface area contributed by atoms with E-state index in [1.807, 2.05) is 11.2 Å². The molecule has 2 aromatic rings. The number of imidazole rings is 1. The van der Waals surface area contributed by atoms with Gasteiger partial charge >= 0.3 is 6.03 Å². The van der Waals surface area contributed by atoms with Gasteiger partial charge in [0.25, 0.3) is 0 Å². The smallest absolute Gasteiger partial charge is 0.317 e. The van der Waals surface area contributed by atoms with E-state index in [1.54, 1.807) is 0 Å². The van der Waals surface area contributed by atoms with Crippen molar-refractivity contribution in [3.8, 4) is 0 Å². The topological polar surface area (TPSA) is 126 Å². The van der Waals surface area contributed by atoms with Crippen molar-refractivity contribution in [1.82, 2.24) is 29.7 Å². The normalized spacial score (nSPS) is 23.8. The highest BCUT2D eigenvalue weighted by molar-refractivity contribution is 5.84. The average Bonchev–Trinajstić information content (AvgIpc) is 3.56. The van der Waals surface area contributed by atoms with Crippen molar-refractivity contribution in [2.24, 2.45) is 5.73 Å². The van der Waals surface area contributed by atoms with Crippen molar-refractivity contribution in [3.63, 3.8) is 0 Å². The van der Waals surface area contributed by atoms with Crippen LogP contribution in [-0.4, -0.2) is 68.2 Å². The summed E-state index contributed by atoms with van der Waals surface area (Å²) < 4.78 is 2.26. The van der Waals surface area contributed by atoms with E-state index in [0.29, 0.717) is 24.1 Å². The molecule has 2 aliphatic carbocycles. The number of amides is 2. The highest BCUT2D eigenvalue weighted by Crippen LogP contribution is 2.33. The number of unbranched alkanes of at least 4 members (excludes halogenated alkanes) is 1. The van der Waals surface area contributed by atoms with Crippen molar-refractivity contribution >= 4 is 29.0 Å². The van der Waals surface area contributed by atoms with Gasteiger partial charge in [0.2, 0.25) is 5.95 Å². The van der Waals surface area contributed by atoms with Crippen LogP contribution in [0.1, 0.15) is 90.0 Å². The molecular formula is C26H43N9O. The summed E-state index contributed by atoms with van der Waals surface area (Å²) in [6.45, 7) is 4.37. The molecule has 3 heterocycles. The Bertz CT molecular complexity index is 1000. The van der Waals surface area contributed by atoms with Crippen molar-refractivity contribution in [2.75, 3.05) is 30.3 Å². The van der Waals surface area contributed by atoms with Gasteiger partial charge in [-0.2, -0.15) is 9.97 Å². The van der Waals surface area contributed by atoms with Gasteiger partial charge in [-0.15, -0.1) is 0 Å². The lowest BCUT2D eigenvalue weighted by molar-refractivity contribution is 0.183. The SMILES string of the molecule is CCCCNC(=O)N1CCC(Nc2nc(N[C@H]3CC[C@H](N)CC3)nc3c2ncn3C2CCCC2)CC1. The molecule has 1 saturated heterocycles. The summed E-state index contributed by atoms with van der Waals surface area (Å²) in [6.07, 6.45) is 14.9. The molecule has 36 heavy (non-hydrogen) atoms. The van der Waals surface area contributed by atoms with E-state index in [9.17, 15) is 4.79 Å².